The number of nitro benzene ring substituents is 1. The van der Waals surface area contributed by atoms with Gasteiger partial charge < -0.3 is 20.1 Å². The fourth-order valence-electron chi connectivity index (χ4n) is 5.14. The molecule has 0 atom stereocenters. The maximum atomic E-state index is 13.3. The molecule has 5 aromatic rings. The van der Waals surface area contributed by atoms with Gasteiger partial charge in [-0.3, -0.25) is 30.1 Å². The summed E-state index contributed by atoms with van der Waals surface area (Å²) in [6.07, 6.45) is 3.81. The van der Waals surface area contributed by atoms with Gasteiger partial charge in [-0.2, -0.15) is 4.98 Å². The van der Waals surface area contributed by atoms with Crippen LogP contribution in [0.1, 0.15) is 32.7 Å². The molecule has 0 bridgehead atoms. The Balaban J connectivity index is 1.14. The SMILES string of the molecule is COc1ccc(CCOc2cc(C(=O)Nc3ccc(C)c(N4Cc5cnc(Nc6ccc(C)nc6)nc5NC4=O)c3)ccc2[N+](=O)[O-])cc1. The Morgan fingerprint density at radius 2 is 1.80 bits per heavy atom. The second kappa shape index (κ2) is 14.0. The summed E-state index contributed by atoms with van der Waals surface area (Å²) in [4.78, 5) is 52.4. The van der Waals surface area contributed by atoms with Crippen molar-refractivity contribution in [3.05, 3.63) is 123 Å². The quantitative estimate of drug-likeness (QED) is 0.104. The van der Waals surface area contributed by atoms with Crippen molar-refractivity contribution in [3.63, 3.8) is 0 Å². The number of fused-ring (bicyclic) bond motifs is 1. The molecule has 0 saturated carbocycles. The number of ether oxygens (including phenoxy) is 2. The van der Waals surface area contributed by atoms with E-state index in [1.54, 1.807) is 37.7 Å². The average molecular weight is 661 g/mol. The molecule has 0 spiro atoms. The summed E-state index contributed by atoms with van der Waals surface area (Å²) in [5, 5.41) is 20.4. The van der Waals surface area contributed by atoms with Gasteiger partial charge in [-0.15, -0.1) is 0 Å². The number of carbonyl (C=O) groups excluding carboxylic acids is 2. The smallest absolute Gasteiger partial charge is 0.327 e. The number of nitrogens with zero attached hydrogens (tertiary/aromatic N) is 5. The number of hydrogen-bond acceptors (Lipinski definition) is 10. The summed E-state index contributed by atoms with van der Waals surface area (Å²) in [7, 11) is 1.58. The summed E-state index contributed by atoms with van der Waals surface area (Å²) >= 11 is 0. The molecule has 3 amide bonds. The Hall–Kier alpha value is -6.57. The van der Waals surface area contributed by atoms with Gasteiger partial charge in [-0.05, 0) is 67.4 Å². The predicted octanol–water partition coefficient (Wildman–Crippen LogP) is 6.57. The van der Waals surface area contributed by atoms with Crippen LogP contribution >= 0.6 is 0 Å². The zero-order chi connectivity index (χ0) is 34.5. The lowest BCUT2D eigenvalue weighted by atomic mass is 10.1. The molecule has 14 nitrogen and oxygen atoms in total. The molecule has 49 heavy (non-hydrogen) atoms. The van der Waals surface area contributed by atoms with Crippen LogP contribution < -0.4 is 30.3 Å². The van der Waals surface area contributed by atoms with Crippen molar-refractivity contribution in [2.24, 2.45) is 0 Å². The number of aromatic nitrogens is 3. The van der Waals surface area contributed by atoms with E-state index in [1.807, 2.05) is 50.2 Å². The third-order valence-electron chi connectivity index (χ3n) is 7.81. The molecule has 14 heteroatoms. The molecule has 2 aromatic heterocycles. The van der Waals surface area contributed by atoms with Crippen LogP contribution in [0.5, 0.6) is 11.5 Å². The van der Waals surface area contributed by atoms with Gasteiger partial charge in [0.25, 0.3) is 5.91 Å². The van der Waals surface area contributed by atoms with Crippen LogP contribution in [0.15, 0.2) is 85.2 Å². The van der Waals surface area contributed by atoms with Gasteiger partial charge in [0.05, 0.1) is 42.8 Å². The van der Waals surface area contributed by atoms with Gasteiger partial charge in [0.2, 0.25) is 5.95 Å². The summed E-state index contributed by atoms with van der Waals surface area (Å²) in [6, 6.07) is 19.9. The summed E-state index contributed by atoms with van der Waals surface area (Å²) < 4.78 is 10.9. The number of pyridine rings is 1. The zero-order valence-electron chi connectivity index (χ0n) is 26.9. The van der Waals surface area contributed by atoms with E-state index >= 15 is 0 Å². The molecular formula is C35H32N8O6. The van der Waals surface area contributed by atoms with Crippen LogP contribution in [0.25, 0.3) is 0 Å². The van der Waals surface area contributed by atoms with Crippen LogP contribution in [-0.2, 0) is 13.0 Å². The number of carbonyl (C=O) groups is 2. The minimum Gasteiger partial charge on any atom is -0.497 e. The van der Waals surface area contributed by atoms with E-state index in [1.165, 1.54) is 23.1 Å². The van der Waals surface area contributed by atoms with E-state index in [4.69, 9.17) is 9.47 Å². The number of anilines is 5. The Labute approximate surface area is 281 Å². The van der Waals surface area contributed by atoms with Crippen LogP contribution in [0.2, 0.25) is 0 Å². The predicted molar refractivity (Wildman–Crippen MR) is 184 cm³/mol. The van der Waals surface area contributed by atoms with Gasteiger partial charge in [0, 0.05) is 47.3 Å². The number of urea groups is 1. The number of nitro groups is 1. The zero-order valence-corrected chi connectivity index (χ0v) is 26.9. The molecule has 1 aliphatic heterocycles. The van der Waals surface area contributed by atoms with Gasteiger partial charge >= 0.3 is 11.7 Å². The van der Waals surface area contributed by atoms with Crippen LogP contribution in [0, 0.1) is 24.0 Å². The maximum absolute atomic E-state index is 13.3. The van der Waals surface area contributed by atoms with Gasteiger partial charge in [-0.1, -0.05) is 18.2 Å². The summed E-state index contributed by atoms with van der Waals surface area (Å²) in [6.45, 7) is 4.11. The van der Waals surface area contributed by atoms with Gasteiger partial charge in [0.15, 0.2) is 5.75 Å². The van der Waals surface area contributed by atoms with E-state index in [0.717, 1.165) is 22.6 Å². The van der Waals surface area contributed by atoms with Gasteiger partial charge in [-0.25, -0.2) is 9.78 Å². The molecule has 6 rings (SSSR count). The number of amides is 3. The molecule has 0 aliphatic carbocycles. The number of aryl methyl sites for hydroxylation is 2. The van der Waals surface area contributed by atoms with E-state index in [9.17, 15) is 19.7 Å². The number of nitrogens with one attached hydrogen (secondary N) is 3. The normalized spacial score (nSPS) is 12.1. The summed E-state index contributed by atoms with van der Waals surface area (Å²) in [5.74, 6) is 0.904. The Bertz CT molecular complexity index is 2040. The highest BCUT2D eigenvalue weighted by molar-refractivity contribution is 6.07. The number of rotatable bonds is 11. The number of benzene rings is 3. The molecular weight excluding hydrogens is 628 g/mol. The molecule has 3 heterocycles. The Kier molecular flexibility index (Phi) is 9.28. The lowest BCUT2D eigenvalue weighted by Gasteiger charge is -2.30. The molecule has 3 aromatic carbocycles. The van der Waals surface area contributed by atoms with Crippen molar-refractivity contribution in [3.8, 4) is 11.5 Å². The Morgan fingerprint density at radius 3 is 2.53 bits per heavy atom. The first-order chi connectivity index (χ1) is 23.7. The largest absolute Gasteiger partial charge is 0.497 e. The molecule has 1 aliphatic rings. The van der Waals surface area contributed by atoms with Crippen molar-refractivity contribution in [1.82, 2.24) is 15.0 Å². The van der Waals surface area contributed by atoms with E-state index < -0.39 is 16.9 Å². The van der Waals surface area contributed by atoms with Crippen LogP contribution in [0.4, 0.5) is 39.3 Å². The van der Waals surface area contributed by atoms with E-state index in [2.05, 4.69) is 30.9 Å². The average Bonchev–Trinajstić information content (AvgIpc) is 3.10. The highest BCUT2D eigenvalue weighted by Gasteiger charge is 2.27. The standard InChI is InChI=1S/C35H32N8O6/c1-21-4-9-26(17-30(21)42-20-25-18-37-34(40-32(25)41-35(42)45)39-27-10-5-22(2)36-19-27)38-33(44)24-8-13-29(43(46)47)31(16-24)49-15-14-23-6-11-28(48-3)12-7-23/h4-13,16-19H,14-15,20H2,1-3H3,(H,38,44)(H2,37,39,40,41,45). The lowest BCUT2D eigenvalue weighted by molar-refractivity contribution is -0.385. The third kappa shape index (κ3) is 7.54. The van der Waals surface area contributed by atoms with E-state index in [-0.39, 0.29) is 30.2 Å². The van der Waals surface area contributed by atoms with Crippen LogP contribution in [0.3, 0.4) is 0 Å². The highest BCUT2D eigenvalue weighted by atomic mass is 16.6. The molecule has 0 saturated heterocycles. The number of hydrogen-bond donors (Lipinski definition) is 3. The molecule has 0 fully saturated rings. The fourth-order valence-corrected chi connectivity index (χ4v) is 5.14. The third-order valence-corrected chi connectivity index (χ3v) is 7.81. The second-order valence-electron chi connectivity index (χ2n) is 11.2. The Morgan fingerprint density at radius 1 is 1.00 bits per heavy atom. The first-order valence-corrected chi connectivity index (χ1v) is 15.3. The summed E-state index contributed by atoms with van der Waals surface area (Å²) in [5.41, 5.74) is 4.96. The van der Waals surface area contributed by atoms with Crippen molar-refractivity contribution in [1.29, 1.82) is 0 Å². The second-order valence-corrected chi connectivity index (χ2v) is 11.2. The topological polar surface area (TPSA) is 174 Å². The molecule has 0 unspecified atom stereocenters. The van der Waals surface area contributed by atoms with Crippen molar-refractivity contribution < 1.29 is 24.0 Å². The van der Waals surface area contributed by atoms with Crippen LogP contribution in [-0.4, -0.2) is 45.5 Å². The molecule has 248 valence electrons. The lowest BCUT2D eigenvalue weighted by Crippen LogP contribution is -2.39. The maximum Gasteiger partial charge on any atom is 0.327 e. The minimum absolute atomic E-state index is 0.0180. The highest BCUT2D eigenvalue weighted by Crippen LogP contribution is 2.32. The monoisotopic (exact) mass is 660 g/mol. The fraction of sp³-hybridized carbons (Fsp3) is 0.171. The number of methoxy groups -OCH3 is 1. The first-order valence-electron chi connectivity index (χ1n) is 15.3. The molecule has 0 radical (unpaired) electrons. The van der Waals surface area contributed by atoms with E-state index in [0.29, 0.717) is 40.8 Å². The van der Waals surface area contributed by atoms with Crippen molar-refractivity contribution >= 4 is 46.5 Å². The van der Waals surface area contributed by atoms with Crippen molar-refractivity contribution in [2.45, 2.75) is 26.8 Å². The first kappa shape index (κ1) is 32.4. The van der Waals surface area contributed by atoms with Crippen molar-refractivity contribution in [2.75, 3.05) is 34.6 Å². The molecule has 3 N–H and O–H groups in total. The minimum atomic E-state index is -0.553. The van der Waals surface area contributed by atoms with Gasteiger partial charge in [0.1, 0.15) is 11.6 Å².